The topological polar surface area (TPSA) is 92.3 Å². The first kappa shape index (κ1) is 16.3. The molecule has 3 amide bonds. The summed E-state index contributed by atoms with van der Waals surface area (Å²) in [6, 6.07) is 11.0. The fraction of sp³-hybridized carbons (Fsp3) is 0.167. The van der Waals surface area contributed by atoms with E-state index < -0.39 is 5.91 Å². The number of carbonyl (C=O) groups is 3. The van der Waals surface area contributed by atoms with Crippen molar-refractivity contribution in [3.63, 3.8) is 0 Å². The largest absolute Gasteiger partial charge is 0.325 e. The van der Waals surface area contributed by atoms with Crippen LogP contribution in [0.4, 0.5) is 5.69 Å². The van der Waals surface area contributed by atoms with Crippen molar-refractivity contribution in [2.45, 2.75) is 12.8 Å². The lowest BCUT2D eigenvalue weighted by molar-refractivity contribution is -0.141. The third-order valence-electron chi connectivity index (χ3n) is 4.04. The number of carbonyl (C=O) groups excluding carboxylic acids is 3. The molecule has 130 valence electrons. The van der Waals surface area contributed by atoms with Crippen molar-refractivity contribution in [3.8, 4) is 10.6 Å². The number of benzene rings is 1. The molecule has 2 aromatic heterocycles. The Kier molecular flexibility index (Phi) is 4.18. The number of nitrogens with one attached hydrogen (secondary N) is 1. The van der Waals surface area contributed by atoms with Gasteiger partial charge in [-0.15, -0.1) is 0 Å². The van der Waals surface area contributed by atoms with E-state index in [0.29, 0.717) is 5.69 Å². The SMILES string of the molecule is O=C(CN1C(=O)CCC1=O)Nc1ccc(-c2nc3cccnc3s2)cc1. The average molecular weight is 366 g/mol. The first-order valence-corrected chi connectivity index (χ1v) is 8.87. The minimum absolute atomic E-state index is 0.178. The fourth-order valence-electron chi connectivity index (χ4n) is 2.73. The molecule has 0 radical (unpaired) electrons. The smallest absolute Gasteiger partial charge is 0.244 e. The van der Waals surface area contributed by atoms with Crippen LogP contribution in [0.5, 0.6) is 0 Å². The molecule has 1 saturated heterocycles. The molecule has 0 spiro atoms. The van der Waals surface area contributed by atoms with E-state index in [-0.39, 0.29) is 31.2 Å². The minimum Gasteiger partial charge on any atom is -0.325 e. The normalized spacial score (nSPS) is 14.2. The second kappa shape index (κ2) is 6.64. The second-order valence-electron chi connectivity index (χ2n) is 5.85. The van der Waals surface area contributed by atoms with E-state index in [1.807, 2.05) is 24.3 Å². The molecule has 0 saturated carbocycles. The number of aromatic nitrogens is 2. The van der Waals surface area contributed by atoms with Crippen LogP contribution in [0, 0.1) is 0 Å². The van der Waals surface area contributed by atoms with Gasteiger partial charge in [0.1, 0.15) is 21.9 Å². The number of pyridine rings is 1. The molecule has 0 unspecified atom stereocenters. The summed E-state index contributed by atoms with van der Waals surface area (Å²) in [6.45, 7) is -0.247. The number of hydrogen-bond donors (Lipinski definition) is 1. The van der Waals surface area contributed by atoms with Crippen LogP contribution < -0.4 is 5.32 Å². The van der Waals surface area contributed by atoms with Crippen LogP contribution in [0.2, 0.25) is 0 Å². The van der Waals surface area contributed by atoms with Crippen LogP contribution in [-0.4, -0.2) is 39.1 Å². The fourth-order valence-corrected chi connectivity index (χ4v) is 3.65. The van der Waals surface area contributed by atoms with Crippen LogP contribution in [0.3, 0.4) is 0 Å². The standard InChI is InChI=1S/C18H14N4O3S/c23-14(10-22-15(24)7-8-16(22)25)20-12-5-3-11(4-6-12)17-21-13-2-1-9-19-18(13)26-17/h1-6,9H,7-8,10H2,(H,20,23). The molecule has 0 bridgehead atoms. The molecule has 0 atom stereocenters. The van der Waals surface area contributed by atoms with E-state index in [0.717, 1.165) is 25.8 Å². The molecule has 1 N–H and O–H groups in total. The molecule has 0 aliphatic carbocycles. The quantitative estimate of drug-likeness (QED) is 0.716. The van der Waals surface area contributed by atoms with Gasteiger partial charge in [0.2, 0.25) is 17.7 Å². The molecule has 4 rings (SSSR count). The maximum absolute atomic E-state index is 12.1. The van der Waals surface area contributed by atoms with Gasteiger partial charge in [-0.25, -0.2) is 9.97 Å². The molecule has 26 heavy (non-hydrogen) atoms. The Labute approximate surface area is 152 Å². The van der Waals surface area contributed by atoms with Crippen molar-refractivity contribution in [3.05, 3.63) is 42.6 Å². The van der Waals surface area contributed by atoms with Crippen LogP contribution in [-0.2, 0) is 14.4 Å². The monoisotopic (exact) mass is 366 g/mol. The maximum atomic E-state index is 12.1. The van der Waals surface area contributed by atoms with E-state index >= 15 is 0 Å². The molecule has 3 aromatic rings. The third kappa shape index (κ3) is 3.18. The predicted octanol–water partition coefficient (Wildman–Crippen LogP) is 2.45. The number of anilines is 1. The summed E-state index contributed by atoms with van der Waals surface area (Å²) in [6.07, 6.45) is 2.09. The van der Waals surface area contributed by atoms with E-state index in [4.69, 9.17) is 0 Å². The molecule has 7 nitrogen and oxygen atoms in total. The summed E-state index contributed by atoms with van der Waals surface area (Å²) in [5, 5.41) is 3.55. The van der Waals surface area contributed by atoms with Crippen molar-refractivity contribution < 1.29 is 14.4 Å². The number of likely N-dealkylation sites (tertiary alicyclic amines) is 1. The van der Waals surface area contributed by atoms with Gasteiger partial charge in [-0.1, -0.05) is 11.3 Å². The molecule has 8 heteroatoms. The highest BCUT2D eigenvalue weighted by molar-refractivity contribution is 7.21. The van der Waals surface area contributed by atoms with E-state index in [9.17, 15) is 14.4 Å². The first-order chi connectivity index (χ1) is 12.6. The van der Waals surface area contributed by atoms with Gasteiger partial charge in [0, 0.05) is 30.3 Å². The molecule has 3 heterocycles. The zero-order valence-electron chi connectivity index (χ0n) is 13.6. The number of rotatable bonds is 4. The molecule has 1 aliphatic rings. The lowest BCUT2D eigenvalue weighted by Gasteiger charge is -2.13. The molecular weight excluding hydrogens is 352 g/mol. The van der Waals surface area contributed by atoms with Gasteiger partial charge in [0.15, 0.2) is 0 Å². The van der Waals surface area contributed by atoms with Crippen molar-refractivity contribution in [2.24, 2.45) is 0 Å². The first-order valence-electron chi connectivity index (χ1n) is 8.05. The Morgan fingerprint density at radius 2 is 1.85 bits per heavy atom. The Morgan fingerprint density at radius 1 is 1.12 bits per heavy atom. The summed E-state index contributed by atoms with van der Waals surface area (Å²) in [7, 11) is 0. The van der Waals surface area contributed by atoms with E-state index in [2.05, 4.69) is 15.3 Å². The number of hydrogen-bond acceptors (Lipinski definition) is 6. The number of imide groups is 1. The zero-order chi connectivity index (χ0) is 18.1. The van der Waals surface area contributed by atoms with Gasteiger partial charge < -0.3 is 5.32 Å². The van der Waals surface area contributed by atoms with Gasteiger partial charge in [0.05, 0.1) is 0 Å². The molecule has 1 aromatic carbocycles. The van der Waals surface area contributed by atoms with Gasteiger partial charge in [-0.3, -0.25) is 19.3 Å². The predicted molar refractivity (Wildman–Crippen MR) is 97.4 cm³/mol. The van der Waals surface area contributed by atoms with Crippen LogP contribution in [0.1, 0.15) is 12.8 Å². The van der Waals surface area contributed by atoms with Crippen molar-refractivity contribution in [1.82, 2.24) is 14.9 Å². The summed E-state index contributed by atoms with van der Waals surface area (Å²) in [5.74, 6) is -1.000. The minimum atomic E-state index is -0.398. The lowest BCUT2D eigenvalue weighted by atomic mass is 10.2. The van der Waals surface area contributed by atoms with Gasteiger partial charge in [-0.2, -0.15) is 0 Å². The molecular formula is C18H14N4O3S. The highest BCUT2D eigenvalue weighted by atomic mass is 32.1. The molecule has 1 fully saturated rings. The summed E-state index contributed by atoms with van der Waals surface area (Å²) in [5.41, 5.74) is 2.37. The van der Waals surface area contributed by atoms with E-state index in [1.54, 1.807) is 18.3 Å². The average Bonchev–Trinajstić information content (AvgIpc) is 3.21. The zero-order valence-corrected chi connectivity index (χ0v) is 14.5. The van der Waals surface area contributed by atoms with Crippen molar-refractivity contribution >= 4 is 45.1 Å². The van der Waals surface area contributed by atoms with Gasteiger partial charge >= 0.3 is 0 Å². The summed E-state index contributed by atoms with van der Waals surface area (Å²) >= 11 is 1.50. The maximum Gasteiger partial charge on any atom is 0.244 e. The highest BCUT2D eigenvalue weighted by Crippen LogP contribution is 2.29. The molecule has 1 aliphatic heterocycles. The number of amides is 3. The highest BCUT2D eigenvalue weighted by Gasteiger charge is 2.30. The summed E-state index contributed by atoms with van der Waals surface area (Å²) < 4.78 is 0. The van der Waals surface area contributed by atoms with E-state index in [1.165, 1.54) is 11.3 Å². The Bertz CT molecular complexity index is 964. The second-order valence-corrected chi connectivity index (χ2v) is 6.82. The van der Waals surface area contributed by atoms with Crippen molar-refractivity contribution in [2.75, 3.05) is 11.9 Å². The Hall–Kier alpha value is -3.13. The van der Waals surface area contributed by atoms with Crippen LogP contribution in [0.25, 0.3) is 20.9 Å². The van der Waals surface area contributed by atoms with Crippen molar-refractivity contribution in [1.29, 1.82) is 0 Å². The Morgan fingerprint density at radius 3 is 2.54 bits per heavy atom. The lowest BCUT2D eigenvalue weighted by Crippen LogP contribution is -2.36. The van der Waals surface area contributed by atoms with Gasteiger partial charge in [-0.05, 0) is 36.4 Å². The Balaban J connectivity index is 1.45. The number of thiazole rings is 1. The summed E-state index contributed by atoms with van der Waals surface area (Å²) in [4.78, 5) is 45.9. The number of nitrogens with zero attached hydrogens (tertiary/aromatic N) is 3. The van der Waals surface area contributed by atoms with Crippen LogP contribution >= 0.6 is 11.3 Å². The number of fused-ring (bicyclic) bond motifs is 1. The van der Waals surface area contributed by atoms with Crippen LogP contribution in [0.15, 0.2) is 42.6 Å². The van der Waals surface area contributed by atoms with Gasteiger partial charge in [0.25, 0.3) is 0 Å². The third-order valence-corrected chi connectivity index (χ3v) is 5.07.